The standard InChI is InChI=1S/C18H26N2O2/c1-20-11-10-17(18(20)21)19-15-7-5-6-14(12-15)13-22-16-8-3-2-4-9-16/h5-7,12,16-17,19H,2-4,8-11,13H2,1H3. The van der Waals surface area contributed by atoms with E-state index in [-0.39, 0.29) is 11.9 Å². The van der Waals surface area contributed by atoms with Gasteiger partial charge in [0.15, 0.2) is 0 Å². The number of carbonyl (C=O) groups excluding carboxylic acids is 1. The smallest absolute Gasteiger partial charge is 0.244 e. The second-order valence-corrected chi connectivity index (χ2v) is 6.52. The lowest BCUT2D eigenvalue weighted by molar-refractivity contribution is -0.127. The van der Waals surface area contributed by atoms with E-state index in [0.29, 0.717) is 12.7 Å². The minimum absolute atomic E-state index is 0.0838. The van der Waals surface area contributed by atoms with Crippen molar-refractivity contribution in [1.82, 2.24) is 4.90 Å². The average molecular weight is 302 g/mol. The lowest BCUT2D eigenvalue weighted by Crippen LogP contribution is -2.30. The van der Waals surface area contributed by atoms with E-state index >= 15 is 0 Å². The van der Waals surface area contributed by atoms with E-state index in [4.69, 9.17) is 4.74 Å². The molecule has 4 nitrogen and oxygen atoms in total. The van der Waals surface area contributed by atoms with Crippen LogP contribution >= 0.6 is 0 Å². The molecule has 1 aromatic carbocycles. The Labute approximate surface area is 132 Å². The van der Waals surface area contributed by atoms with Crippen LogP contribution in [0.1, 0.15) is 44.1 Å². The van der Waals surface area contributed by atoms with E-state index in [1.807, 2.05) is 19.2 Å². The first-order valence-electron chi connectivity index (χ1n) is 8.44. The molecule has 1 saturated heterocycles. The van der Waals surface area contributed by atoms with Crippen LogP contribution in [-0.4, -0.2) is 36.5 Å². The second kappa shape index (κ2) is 7.14. The highest BCUT2D eigenvalue weighted by Crippen LogP contribution is 2.22. The van der Waals surface area contributed by atoms with Gasteiger partial charge in [0, 0.05) is 19.3 Å². The fraction of sp³-hybridized carbons (Fsp3) is 0.611. The molecule has 1 aliphatic heterocycles. The van der Waals surface area contributed by atoms with Crippen molar-refractivity contribution in [2.75, 3.05) is 18.9 Å². The van der Waals surface area contributed by atoms with Gasteiger partial charge in [-0.2, -0.15) is 0 Å². The maximum atomic E-state index is 12.0. The summed E-state index contributed by atoms with van der Waals surface area (Å²) in [6.07, 6.45) is 7.63. The van der Waals surface area contributed by atoms with Crippen LogP contribution in [0.4, 0.5) is 5.69 Å². The van der Waals surface area contributed by atoms with Crippen molar-refractivity contribution in [3.05, 3.63) is 29.8 Å². The van der Waals surface area contributed by atoms with Crippen LogP contribution in [0.25, 0.3) is 0 Å². The Balaban J connectivity index is 1.54. The van der Waals surface area contributed by atoms with Crippen molar-refractivity contribution in [2.45, 2.75) is 57.3 Å². The Bertz CT molecular complexity index is 512. The first-order valence-corrected chi connectivity index (χ1v) is 8.44. The number of nitrogens with one attached hydrogen (secondary N) is 1. The number of amides is 1. The summed E-state index contributed by atoms with van der Waals surface area (Å²) in [5.74, 6) is 0.184. The van der Waals surface area contributed by atoms with Gasteiger partial charge in [0.2, 0.25) is 5.91 Å². The van der Waals surface area contributed by atoms with Crippen molar-refractivity contribution in [1.29, 1.82) is 0 Å². The number of hydrogen-bond donors (Lipinski definition) is 1. The highest BCUT2D eigenvalue weighted by molar-refractivity contribution is 5.86. The van der Waals surface area contributed by atoms with Gasteiger partial charge in [0.25, 0.3) is 0 Å². The van der Waals surface area contributed by atoms with E-state index < -0.39 is 0 Å². The van der Waals surface area contributed by atoms with E-state index in [2.05, 4.69) is 17.4 Å². The maximum Gasteiger partial charge on any atom is 0.244 e. The van der Waals surface area contributed by atoms with Crippen LogP contribution in [0.3, 0.4) is 0 Å². The van der Waals surface area contributed by atoms with Gasteiger partial charge in [-0.15, -0.1) is 0 Å². The fourth-order valence-electron chi connectivity index (χ4n) is 3.35. The molecule has 1 N–H and O–H groups in total. The molecule has 2 fully saturated rings. The molecule has 120 valence electrons. The monoisotopic (exact) mass is 302 g/mol. The molecule has 0 bridgehead atoms. The van der Waals surface area contributed by atoms with Crippen LogP contribution in [0.5, 0.6) is 0 Å². The van der Waals surface area contributed by atoms with E-state index in [0.717, 1.165) is 18.7 Å². The first kappa shape index (κ1) is 15.3. The van der Waals surface area contributed by atoms with Crippen LogP contribution in [-0.2, 0) is 16.1 Å². The summed E-state index contributed by atoms with van der Waals surface area (Å²) < 4.78 is 6.03. The van der Waals surface area contributed by atoms with Crippen molar-refractivity contribution in [3.63, 3.8) is 0 Å². The predicted molar refractivity (Wildman–Crippen MR) is 87.8 cm³/mol. The molecule has 22 heavy (non-hydrogen) atoms. The van der Waals surface area contributed by atoms with Gasteiger partial charge in [0.05, 0.1) is 12.7 Å². The summed E-state index contributed by atoms with van der Waals surface area (Å²) in [5, 5.41) is 3.35. The molecule has 4 heteroatoms. The molecule has 0 spiro atoms. The van der Waals surface area contributed by atoms with Gasteiger partial charge < -0.3 is 15.0 Å². The summed E-state index contributed by atoms with van der Waals surface area (Å²) in [6.45, 7) is 1.50. The number of benzene rings is 1. The zero-order valence-electron chi connectivity index (χ0n) is 13.4. The number of rotatable bonds is 5. The lowest BCUT2D eigenvalue weighted by atomic mass is 9.98. The number of ether oxygens (including phenoxy) is 1. The molecule has 1 saturated carbocycles. The summed E-state index contributed by atoms with van der Waals surface area (Å²) in [6, 6.07) is 8.17. The molecule has 1 unspecified atom stereocenters. The Morgan fingerprint density at radius 1 is 1.23 bits per heavy atom. The molecule has 2 aliphatic rings. The van der Waals surface area contributed by atoms with E-state index in [1.165, 1.54) is 37.7 Å². The van der Waals surface area contributed by atoms with Crippen LogP contribution < -0.4 is 5.32 Å². The maximum absolute atomic E-state index is 12.0. The van der Waals surface area contributed by atoms with Gasteiger partial charge in [-0.05, 0) is 37.0 Å². The molecule has 1 heterocycles. The largest absolute Gasteiger partial charge is 0.374 e. The molecule has 1 amide bonds. The zero-order chi connectivity index (χ0) is 15.4. The van der Waals surface area contributed by atoms with E-state index in [9.17, 15) is 4.79 Å². The third-order valence-corrected chi connectivity index (χ3v) is 4.73. The molecule has 1 aliphatic carbocycles. The summed E-state index contributed by atoms with van der Waals surface area (Å²) >= 11 is 0. The number of nitrogens with zero attached hydrogens (tertiary/aromatic N) is 1. The SMILES string of the molecule is CN1CCC(Nc2cccc(COC3CCCCC3)c2)C1=O. The number of hydrogen-bond acceptors (Lipinski definition) is 3. The first-order chi connectivity index (χ1) is 10.7. The molecular weight excluding hydrogens is 276 g/mol. The van der Waals surface area contributed by atoms with Gasteiger partial charge >= 0.3 is 0 Å². The number of anilines is 1. The molecule has 1 aromatic rings. The van der Waals surface area contributed by atoms with Gasteiger partial charge in [-0.3, -0.25) is 4.79 Å². The lowest BCUT2D eigenvalue weighted by Gasteiger charge is -2.22. The Hall–Kier alpha value is -1.55. The summed E-state index contributed by atoms with van der Waals surface area (Å²) in [5.41, 5.74) is 2.19. The van der Waals surface area contributed by atoms with Crippen LogP contribution in [0.15, 0.2) is 24.3 Å². The molecule has 3 rings (SSSR count). The highest BCUT2D eigenvalue weighted by atomic mass is 16.5. The zero-order valence-corrected chi connectivity index (χ0v) is 13.4. The average Bonchev–Trinajstić information content (AvgIpc) is 2.86. The van der Waals surface area contributed by atoms with Gasteiger partial charge in [-0.1, -0.05) is 31.4 Å². The number of likely N-dealkylation sites (N-methyl/N-ethyl adjacent to an activating group) is 1. The number of likely N-dealkylation sites (tertiary alicyclic amines) is 1. The third kappa shape index (κ3) is 3.80. The summed E-state index contributed by atoms with van der Waals surface area (Å²) in [4.78, 5) is 13.8. The number of carbonyl (C=O) groups is 1. The fourth-order valence-corrected chi connectivity index (χ4v) is 3.35. The van der Waals surface area contributed by atoms with Crippen molar-refractivity contribution >= 4 is 11.6 Å². The minimum Gasteiger partial charge on any atom is -0.374 e. The quantitative estimate of drug-likeness (QED) is 0.908. The van der Waals surface area contributed by atoms with Gasteiger partial charge in [0.1, 0.15) is 6.04 Å². The Kier molecular flexibility index (Phi) is 4.98. The van der Waals surface area contributed by atoms with Gasteiger partial charge in [-0.25, -0.2) is 0 Å². The van der Waals surface area contributed by atoms with Crippen molar-refractivity contribution in [2.24, 2.45) is 0 Å². The van der Waals surface area contributed by atoms with Crippen molar-refractivity contribution < 1.29 is 9.53 Å². The Morgan fingerprint density at radius 2 is 2.05 bits per heavy atom. The molecule has 0 radical (unpaired) electrons. The Morgan fingerprint density at radius 3 is 2.77 bits per heavy atom. The van der Waals surface area contributed by atoms with E-state index in [1.54, 1.807) is 4.90 Å². The topological polar surface area (TPSA) is 41.6 Å². The second-order valence-electron chi connectivity index (χ2n) is 6.52. The molecular formula is C18H26N2O2. The summed E-state index contributed by atoms with van der Waals surface area (Å²) in [7, 11) is 1.86. The minimum atomic E-state index is -0.0838. The van der Waals surface area contributed by atoms with Crippen molar-refractivity contribution in [3.8, 4) is 0 Å². The molecule has 1 atom stereocenters. The highest BCUT2D eigenvalue weighted by Gasteiger charge is 2.28. The van der Waals surface area contributed by atoms with Crippen LogP contribution in [0, 0.1) is 0 Å². The third-order valence-electron chi connectivity index (χ3n) is 4.73. The predicted octanol–water partition coefficient (Wildman–Crippen LogP) is 3.18. The van der Waals surface area contributed by atoms with Crippen LogP contribution in [0.2, 0.25) is 0 Å². The normalized spacial score (nSPS) is 23.0. The molecule has 0 aromatic heterocycles.